The van der Waals surface area contributed by atoms with E-state index in [1.165, 1.54) is 22.1 Å². The van der Waals surface area contributed by atoms with Crippen molar-refractivity contribution in [2.75, 3.05) is 0 Å². The number of aromatic amines is 1. The molecular weight excluding hydrogens is 342 g/mol. The maximum absolute atomic E-state index is 11.6. The highest BCUT2D eigenvalue weighted by Gasteiger charge is 2.17. The van der Waals surface area contributed by atoms with E-state index in [0.29, 0.717) is 0 Å². The summed E-state index contributed by atoms with van der Waals surface area (Å²) in [5.74, 6) is 0.0844. The van der Waals surface area contributed by atoms with Crippen molar-refractivity contribution in [3.63, 3.8) is 0 Å². The van der Waals surface area contributed by atoms with Crippen LogP contribution >= 0.6 is 0 Å². The minimum absolute atomic E-state index is 0.0844. The van der Waals surface area contributed by atoms with Crippen LogP contribution in [0, 0.1) is 0 Å². The van der Waals surface area contributed by atoms with E-state index in [0.717, 1.165) is 22.3 Å². The number of fused-ring (bicyclic) bond motifs is 1. The van der Waals surface area contributed by atoms with Gasteiger partial charge in [0.15, 0.2) is 5.78 Å². The molecule has 28 heavy (non-hydrogen) atoms. The first-order chi connectivity index (χ1) is 13.3. The van der Waals surface area contributed by atoms with Crippen LogP contribution in [0.3, 0.4) is 0 Å². The van der Waals surface area contributed by atoms with Crippen molar-refractivity contribution in [2.45, 2.75) is 33.1 Å². The molecule has 0 aliphatic heterocycles. The molecule has 1 heterocycles. The van der Waals surface area contributed by atoms with Crippen LogP contribution in [0.5, 0.6) is 0 Å². The molecule has 0 spiro atoms. The number of ketones is 1. The van der Waals surface area contributed by atoms with E-state index in [-0.39, 0.29) is 11.2 Å². The normalized spacial score (nSPS) is 11.7. The molecule has 0 unspecified atom stereocenters. The van der Waals surface area contributed by atoms with Crippen LogP contribution in [0.4, 0.5) is 0 Å². The summed E-state index contributed by atoms with van der Waals surface area (Å²) in [7, 11) is 0. The SMILES string of the molecule is CC(=O)c1ccc(-c2[nH]c3ccccc3c2-c2ccc(C(C)(C)C)cc2)cc1. The van der Waals surface area contributed by atoms with Gasteiger partial charge in [0, 0.05) is 22.0 Å². The number of hydrogen-bond donors (Lipinski definition) is 1. The molecule has 0 aliphatic carbocycles. The molecule has 1 aromatic heterocycles. The second kappa shape index (κ2) is 6.79. The van der Waals surface area contributed by atoms with Gasteiger partial charge in [0.05, 0.1) is 5.69 Å². The first kappa shape index (κ1) is 18.2. The van der Waals surface area contributed by atoms with E-state index in [2.05, 4.69) is 68.2 Å². The van der Waals surface area contributed by atoms with Gasteiger partial charge in [-0.25, -0.2) is 0 Å². The van der Waals surface area contributed by atoms with Gasteiger partial charge >= 0.3 is 0 Å². The number of para-hydroxylation sites is 1. The first-order valence-electron chi connectivity index (χ1n) is 9.67. The zero-order valence-corrected chi connectivity index (χ0v) is 16.8. The van der Waals surface area contributed by atoms with Gasteiger partial charge in [-0.15, -0.1) is 0 Å². The Morgan fingerprint density at radius 2 is 1.39 bits per heavy atom. The van der Waals surface area contributed by atoms with Crippen molar-refractivity contribution < 1.29 is 4.79 Å². The van der Waals surface area contributed by atoms with Gasteiger partial charge in [-0.1, -0.05) is 87.5 Å². The predicted molar refractivity (Wildman–Crippen MR) is 118 cm³/mol. The Labute approximate surface area is 166 Å². The summed E-state index contributed by atoms with van der Waals surface area (Å²) < 4.78 is 0. The molecule has 140 valence electrons. The number of aromatic nitrogens is 1. The molecule has 0 amide bonds. The number of Topliss-reactive ketones (excluding diaryl/α,β-unsaturated/α-hetero) is 1. The molecule has 0 aliphatic rings. The average molecular weight is 367 g/mol. The number of carbonyl (C=O) groups excluding carboxylic acids is 1. The molecule has 0 atom stereocenters. The number of benzene rings is 3. The third-order valence-corrected chi connectivity index (χ3v) is 5.33. The molecule has 1 N–H and O–H groups in total. The van der Waals surface area contributed by atoms with Gasteiger partial charge < -0.3 is 4.98 Å². The van der Waals surface area contributed by atoms with Gasteiger partial charge in [0.2, 0.25) is 0 Å². The maximum Gasteiger partial charge on any atom is 0.159 e. The second-order valence-corrected chi connectivity index (χ2v) is 8.38. The fourth-order valence-electron chi connectivity index (χ4n) is 3.67. The highest BCUT2D eigenvalue weighted by atomic mass is 16.1. The van der Waals surface area contributed by atoms with Gasteiger partial charge in [0.1, 0.15) is 0 Å². The van der Waals surface area contributed by atoms with Crippen LogP contribution < -0.4 is 0 Å². The highest BCUT2D eigenvalue weighted by molar-refractivity contribution is 6.04. The van der Waals surface area contributed by atoms with E-state index >= 15 is 0 Å². The fraction of sp³-hybridized carbons (Fsp3) is 0.192. The monoisotopic (exact) mass is 367 g/mol. The summed E-state index contributed by atoms with van der Waals surface area (Å²) in [4.78, 5) is 15.2. The van der Waals surface area contributed by atoms with Crippen LogP contribution in [0.2, 0.25) is 0 Å². The van der Waals surface area contributed by atoms with Crippen molar-refractivity contribution in [3.8, 4) is 22.4 Å². The number of rotatable bonds is 3. The van der Waals surface area contributed by atoms with E-state index in [1.807, 2.05) is 30.3 Å². The first-order valence-corrected chi connectivity index (χ1v) is 9.67. The summed E-state index contributed by atoms with van der Waals surface area (Å²) >= 11 is 0. The molecule has 0 bridgehead atoms. The van der Waals surface area contributed by atoms with E-state index in [9.17, 15) is 4.79 Å². The van der Waals surface area contributed by atoms with Crippen molar-refractivity contribution in [1.82, 2.24) is 4.98 Å². The van der Waals surface area contributed by atoms with Crippen LogP contribution in [0.25, 0.3) is 33.3 Å². The lowest BCUT2D eigenvalue weighted by Crippen LogP contribution is -2.10. The molecule has 0 fully saturated rings. The Morgan fingerprint density at radius 1 is 0.786 bits per heavy atom. The zero-order chi connectivity index (χ0) is 19.9. The maximum atomic E-state index is 11.6. The average Bonchev–Trinajstić information content (AvgIpc) is 3.07. The van der Waals surface area contributed by atoms with Crippen molar-refractivity contribution in [3.05, 3.63) is 83.9 Å². The standard InChI is InChI=1S/C26H25NO/c1-17(28)18-9-11-20(12-10-18)25-24(22-7-5-6-8-23(22)27-25)19-13-15-21(16-14-19)26(2,3)4/h5-16,27H,1-4H3. The second-order valence-electron chi connectivity index (χ2n) is 8.38. The molecule has 0 saturated heterocycles. The van der Waals surface area contributed by atoms with Gasteiger partial charge in [-0.3, -0.25) is 4.79 Å². The lowest BCUT2D eigenvalue weighted by atomic mass is 9.86. The quantitative estimate of drug-likeness (QED) is 0.388. The summed E-state index contributed by atoms with van der Waals surface area (Å²) in [6, 6.07) is 25.1. The molecule has 4 rings (SSSR count). The van der Waals surface area contributed by atoms with Gasteiger partial charge in [-0.05, 0) is 35.1 Å². The van der Waals surface area contributed by atoms with E-state index in [4.69, 9.17) is 0 Å². The molecule has 2 heteroatoms. The predicted octanol–water partition coefficient (Wildman–Crippen LogP) is 7.00. The van der Waals surface area contributed by atoms with Crippen LogP contribution in [-0.4, -0.2) is 10.8 Å². The van der Waals surface area contributed by atoms with Crippen molar-refractivity contribution >= 4 is 16.7 Å². The Bertz CT molecular complexity index is 1140. The zero-order valence-electron chi connectivity index (χ0n) is 16.8. The third kappa shape index (κ3) is 3.27. The highest BCUT2D eigenvalue weighted by Crippen LogP contribution is 2.39. The summed E-state index contributed by atoms with van der Waals surface area (Å²) in [5, 5.41) is 1.21. The summed E-state index contributed by atoms with van der Waals surface area (Å²) in [6.07, 6.45) is 0. The number of hydrogen-bond acceptors (Lipinski definition) is 1. The van der Waals surface area contributed by atoms with Crippen molar-refractivity contribution in [2.24, 2.45) is 0 Å². The molecule has 0 radical (unpaired) electrons. The molecule has 3 aromatic carbocycles. The van der Waals surface area contributed by atoms with Crippen molar-refractivity contribution in [1.29, 1.82) is 0 Å². The molecule has 2 nitrogen and oxygen atoms in total. The Kier molecular flexibility index (Phi) is 4.43. The minimum Gasteiger partial charge on any atom is -0.354 e. The van der Waals surface area contributed by atoms with Gasteiger partial charge in [0.25, 0.3) is 0 Å². The number of nitrogens with one attached hydrogen (secondary N) is 1. The number of carbonyl (C=O) groups is 1. The topological polar surface area (TPSA) is 32.9 Å². The van der Waals surface area contributed by atoms with Gasteiger partial charge in [-0.2, -0.15) is 0 Å². The molecule has 0 saturated carbocycles. The summed E-state index contributed by atoms with van der Waals surface area (Å²) in [5.41, 5.74) is 7.85. The molecular formula is C26H25NO. The molecule has 4 aromatic rings. The lowest BCUT2D eigenvalue weighted by molar-refractivity contribution is 0.101. The Morgan fingerprint density at radius 3 is 2.00 bits per heavy atom. The minimum atomic E-state index is 0.0844. The number of H-pyrrole nitrogens is 1. The Balaban J connectivity index is 1.90. The van der Waals surface area contributed by atoms with Crippen LogP contribution in [0.15, 0.2) is 72.8 Å². The lowest BCUT2D eigenvalue weighted by Gasteiger charge is -2.19. The smallest absolute Gasteiger partial charge is 0.159 e. The van der Waals surface area contributed by atoms with E-state index in [1.54, 1.807) is 6.92 Å². The fourth-order valence-corrected chi connectivity index (χ4v) is 3.67. The van der Waals surface area contributed by atoms with Crippen LogP contribution in [0.1, 0.15) is 43.6 Å². The summed E-state index contributed by atoms with van der Waals surface area (Å²) in [6.45, 7) is 8.29. The third-order valence-electron chi connectivity index (χ3n) is 5.33. The Hall–Kier alpha value is -3.13. The van der Waals surface area contributed by atoms with Crippen LogP contribution in [-0.2, 0) is 5.41 Å². The van der Waals surface area contributed by atoms with E-state index < -0.39 is 0 Å². The largest absolute Gasteiger partial charge is 0.354 e.